The van der Waals surface area contributed by atoms with E-state index in [1.807, 2.05) is 0 Å². The van der Waals surface area contributed by atoms with Gasteiger partial charge in [0.15, 0.2) is 0 Å². The molecule has 2 fully saturated rings. The lowest BCUT2D eigenvalue weighted by atomic mass is 9.35. The molecule has 0 saturated heterocycles. The number of aliphatic hydroxyl groups excluding tert-OH is 2. The van der Waals surface area contributed by atoms with Gasteiger partial charge in [0.2, 0.25) is 0 Å². The van der Waals surface area contributed by atoms with E-state index >= 15 is 0 Å². The Morgan fingerprint density at radius 1 is 0.903 bits per heavy atom. The standard InChI is InChI=1S/C29H46O2/c1-25(2)13-9-19-10-15-28(5)21(20(19)17-25)7-8-23-26(3)14-12-24(31)27(4,18-30)22(26)11-16-29(23,28)6/h7,22-24,30-31H,8-18H2,1-6H3. The molecule has 0 radical (unpaired) electrons. The van der Waals surface area contributed by atoms with Crippen LogP contribution in [0.4, 0.5) is 0 Å². The summed E-state index contributed by atoms with van der Waals surface area (Å²) in [6, 6.07) is 0. The van der Waals surface area contributed by atoms with E-state index in [4.69, 9.17) is 0 Å². The molecule has 0 heterocycles. The smallest absolute Gasteiger partial charge is 0.0618 e. The van der Waals surface area contributed by atoms with E-state index in [0.717, 1.165) is 19.3 Å². The van der Waals surface area contributed by atoms with Crippen molar-refractivity contribution in [3.05, 3.63) is 22.8 Å². The second-order valence-corrected chi connectivity index (χ2v) is 13.9. The summed E-state index contributed by atoms with van der Waals surface area (Å²) in [5.41, 5.74) is 6.10. The van der Waals surface area contributed by atoms with Crippen LogP contribution in [0.25, 0.3) is 0 Å². The van der Waals surface area contributed by atoms with Gasteiger partial charge in [-0.3, -0.25) is 0 Å². The lowest BCUT2D eigenvalue weighted by Crippen LogP contribution is -2.64. The topological polar surface area (TPSA) is 40.5 Å². The van der Waals surface area contributed by atoms with Crippen LogP contribution in [-0.2, 0) is 0 Å². The van der Waals surface area contributed by atoms with Crippen molar-refractivity contribution < 1.29 is 10.2 Å². The van der Waals surface area contributed by atoms with Crippen LogP contribution < -0.4 is 0 Å². The summed E-state index contributed by atoms with van der Waals surface area (Å²) in [6.07, 6.45) is 14.4. The number of hydrogen-bond donors (Lipinski definition) is 2. The molecule has 2 heteroatoms. The van der Waals surface area contributed by atoms with E-state index < -0.39 is 0 Å². The van der Waals surface area contributed by atoms with Gasteiger partial charge in [-0.25, -0.2) is 0 Å². The number of hydrogen-bond acceptors (Lipinski definition) is 2. The van der Waals surface area contributed by atoms with Gasteiger partial charge in [0.25, 0.3) is 0 Å². The fourth-order valence-electron chi connectivity index (χ4n) is 9.70. The third-order valence-electron chi connectivity index (χ3n) is 12.0. The highest BCUT2D eigenvalue weighted by Crippen LogP contribution is 2.73. The van der Waals surface area contributed by atoms with Crippen molar-refractivity contribution in [3.8, 4) is 0 Å². The number of aliphatic hydroxyl groups is 2. The molecule has 5 aliphatic carbocycles. The number of rotatable bonds is 1. The Labute approximate surface area is 190 Å². The molecule has 7 unspecified atom stereocenters. The maximum Gasteiger partial charge on any atom is 0.0618 e. The molecule has 5 aliphatic rings. The largest absolute Gasteiger partial charge is 0.396 e. The number of allylic oxidation sites excluding steroid dienone is 4. The van der Waals surface area contributed by atoms with Crippen molar-refractivity contribution in [2.75, 3.05) is 6.61 Å². The molecular formula is C29H46O2. The second-order valence-electron chi connectivity index (χ2n) is 13.9. The summed E-state index contributed by atoms with van der Waals surface area (Å²) in [4.78, 5) is 0. The summed E-state index contributed by atoms with van der Waals surface area (Å²) >= 11 is 0. The quantitative estimate of drug-likeness (QED) is 0.483. The zero-order chi connectivity index (χ0) is 22.4. The van der Waals surface area contributed by atoms with E-state index in [1.54, 1.807) is 16.7 Å². The Morgan fingerprint density at radius 2 is 1.61 bits per heavy atom. The first kappa shape index (κ1) is 22.2. The Bertz CT molecular complexity index is 836. The van der Waals surface area contributed by atoms with Crippen LogP contribution in [0.3, 0.4) is 0 Å². The molecule has 0 aromatic heterocycles. The van der Waals surface area contributed by atoms with Crippen molar-refractivity contribution in [2.45, 2.75) is 112 Å². The van der Waals surface area contributed by atoms with Crippen molar-refractivity contribution >= 4 is 0 Å². The van der Waals surface area contributed by atoms with Crippen LogP contribution in [0.5, 0.6) is 0 Å². The summed E-state index contributed by atoms with van der Waals surface area (Å²) in [7, 11) is 0. The van der Waals surface area contributed by atoms with Crippen molar-refractivity contribution in [1.82, 2.24) is 0 Å². The lowest BCUT2D eigenvalue weighted by molar-refractivity contribution is -0.209. The van der Waals surface area contributed by atoms with E-state index in [-0.39, 0.29) is 29.0 Å². The lowest BCUT2D eigenvalue weighted by Gasteiger charge is -2.69. The van der Waals surface area contributed by atoms with Gasteiger partial charge in [-0.15, -0.1) is 0 Å². The summed E-state index contributed by atoms with van der Waals surface area (Å²) in [5, 5.41) is 21.3. The highest BCUT2D eigenvalue weighted by Gasteiger charge is 2.66. The van der Waals surface area contributed by atoms with Crippen LogP contribution in [-0.4, -0.2) is 22.9 Å². The monoisotopic (exact) mass is 426 g/mol. The summed E-state index contributed by atoms with van der Waals surface area (Å²) < 4.78 is 0. The Balaban J connectivity index is 1.58. The van der Waals surface area contributed by atoms with Gasteiger partial charge in [0, 0.05) is 5.41 Å². The minimum absolute atomic E-state index is 0.113. The molecule has 7 atom stereocenters. The summed E-state index contributed by atoms with van der Waals surface area (Å²) in [6.45, 7) is 15.0. The maximum atomic E-state index is 10.9. The molecular weight excluding hydrogens is 380 g/mol. The Kier molecular flexibility index (Phi) is 4.81. The molecule has 174 valence electrons. The maximum absolute atomic E-state index is 10.9. The predicted molar refractivity (Wildman–Crippen MR) is 128 cm³/mol. The van der Waals surface area contributed by atoms with E-state index in [0.29, 0.717) is 22.7 Å². The molecule has 31 heavy (non-hydrogen) atoms. The van der Waals surface area contributed by atoms with Crippen LogP contribution in [0, 0.1) is 38.9 Å². The number of fused-ring (bicyclic) bond motifs is 6. The van der Waals surface area contributed by atoms with Gasteiger partial charge in [-0.2, -0.15) is 0 Å². The van der Waals surface area contributed by atoms with Gasteiger partial charge in [0.1, 0.15) is 0 Å². The fourth-order valence-corrected chi connectivity index (χ4v) is 9.70. The molecule has 5 rings (SSSR count). The van der Waals surface area contributed by atoms with Gasteiger partial charge in [-0.05, 0) is 109 Å². The fraction of sp³-hybridized carbons (Fsp3) is 0.862. The SMILES string of the molecule is CC1(C)CCC2=C(C1)C1=CCC3C4(C)CCC(O)C(C)(CO)C4CCC3(C)C1(C)CC2. The highest BCUT2D eigenvalue weighted by molar-refractivity contribution is 5.48. The zero-order valence-electron chi connectivity index (χ0n) is 21.0. The zero-order valence-corrected chi connectivity index (χ0v) is 21.0. The Hall–Kier alpha value is -0.600. The van der Waals surface area contributed by atoms with Gasteiger partial charge in [0.05, 0.1) is 12.7 Å². The van der Waals surface area contributed by atoms with Crippen molar-refractivity contribution in [2.24, 2.45) is 38.9 Å². The van der Waals surface area contributed by atoms with Crippen LogP contribution in [0.2, 0.25) is 0 Å². The molecule has 0 amide bonds. The minimum atomic E-state index is -0.364. The molecule has 0 aromatic carbocycles. The first-order valence-electron chi connectivity index (χ1n) is 13.1. The second kappa shape index (κ2) is 6.72. The molecule has 0 bridgehead atoms. The minimum Gasteiger partial charge on any atom is -0.396 e. The Morgan fingerprint density at radius 3 is 2.32 bits per heavy atom. The average Bonchev–Trinajstić information content (AvgIpc) is 2.71. The van der Waals surface area contributed by atoms with Gasteiger partial charge in [-0.1, -0.05) is 53.2 Å². The third kappa shape index (κ3) is 2.76. The van der Waals surface area contributed by atoms with Crippen molar-refractivity contribution in [3.63, 3.8) is 0 Å². The van der Waals surface area contributed by atoms with Crippen LogP contribution in [0.15, 0.2) is 22.8 Å². The molecule has 0 aromatic rings. The van der Waals surface area contributed by atoms with E-state index in [9.17, 15) is 10.2 Å². The van der Waals surface area contributed by atoms with Gasteiger partial charge >= 0.3 is 0 Å². The molecule has 2 saturated carbocycles. The normalized spacial score (nSPS) is 51.2. The molecule has 0 aliphatic heterocycles. The van der Waals surface area contributed by atoms with Gasteiger partial charge < -0.3 is 10.2 Å². The molecule has 2 nitrogen and oxygen atoms in total. The first-order valence-corrected chi connectivity index (χ1v) is 13.1. The highest BCUT2D eigenvalue weighted by atomic mass is 16.3. The van der Waals surface area contributed by atoms with E-state index in [2.05, 4.69) is 47.6 Å². The molecule has 2 N–H and O–H groups in total. The van der Waals surface area contributed by atoms with Crippen molar-refractivity contribution in [1.29, 1.82) is 0 Å². The third-order valence-corrected chi connectivity index (χ3v) is 12.0. The molecule has 0 spiro atoms. The predicted octanol–water partition coefficient (Wildman–Crippen LogP) is 6.82. The van der Waals surface area contributed by atoms with Crippen LogP contribution in [0.1, 0.15) is 106 Å². The summed E-state index contributed by atoms with van der Waals surface area (Å²) in [5.74, 6) is 1.06. The van der Waals surface area contributed by atoms with Crippen LogP contribution >= 0.6 is 0 Å². The average molecular weight is 427 g/mol. The first-order chi connectivity index (χ1) is 14.4. The van der Waals surface area contributed by atoms with E-state index in [1.165, 1.54) is 44.9 Å².